The topological polar surface area (TPSA) is 55.1 Å². The lowest BCUT2D eigenvalue weighted by Crippen LogP contribution is -2.22. The molecule has 0 saturated carbocycles. The van der Waals surface area contributed by atoms with Gasteiger partial charge in [-0.25, -0.2) is 4.98 Å². The largest absolute Gasteiger partial charge is 0.441 e. The van der Waals surface area contributed by atoms with Crippen LogP contribution in [0.15, 0.2) is 69.7 Å². The van der Waals surface area contributed by atoms with Crippen molar-refractivity contribution in [1.82, 2.24) is 10.3 Å². The number of nitrogens with zero attached hydrogens (tertiary/aromatic N) is 1. The number of carbonyl (C=O) groups is 1. The minimum Gasteiger partial charge on any atom is -0.441 e. The van der Waals surface area contributed by atoms with Crippen molar-refractivity contribution in [2.75, 3.05) is 0 Å². The lowest BCUT2D eigenvalue weighted by Gasteiger charge is -2.04. The van der Waals surface area contributed by atoms with E-state index in [9.17, 15) is 4.79 Å². The number of hydrogen-bond donors (Lipinski definition) is 1. The summed E-state index contributed by atoms with van der Waals surface area (Å²) in [6, 6.07) is 17.7. The van der Waals surface area contributed by atoms with E-state index < -0.39 is 0 Å². The van der Waals surface area contributed by atoms with Crippen LogP contribution in [0.5, 0.6) is 0 Å². The molecule has 0 aliphatic rings. The van der Waals surface area contributed by atoms with E-state index in [-0.39, 0.29) is 5.91 Å². The van der Waals surface area contributed by atoms with Gasteiger partial charge in [-0.3, -0.25) is 4.79 Å². The van der Waals surface area contributed by atoms with Gasteiger partial charge >= 0.3 is 0 Å². The van der Waals surface area contributed by atoms with E-state index in [2.05, 4.69) is 26.2 Å². The zero-order valence-corrected chi connectivity index (χ0v) is 14.6. The van der Waals surface area contributed by atoms with Crippen LogP contribution < -0.4 is 5.32 Å². The van der Waals surface area contributed by atoms with Crippen LogP contribution in [-0.2, 0) is 17.8 Å². The number of amides is 1. The van der Waals surface area contributed by atoms with Gasteiger partial charge in [-0.05, 0) is 17.7 Å². The molecular weight excluding hydrogens is 368 g/mol. The summed E-state index contributed by atoms with van der Waals surface area (Å²) in [5.41, 5.74) is 2.05. The van der Waals surface area contributed by atoms with Crippen molar-refractivity contribution >= 4 is 21.8 Å². The molecule has 24 heavy (non-hydrogen) atoms. The highest BCUT2D eigenvalue weighted by Crippen LogP contribution is 2.22. The van der Waals surface area contributed by atoms with Gasteiger partial charge in [-0.2, -0.15) is 0 Å². The molecule has 0 spiro atoms. The Hall–Kier alpha value is -2.40. The number of rotatable bonds is 6. The molecule has 2 aromatic carbocycles. The number of oxazole rings is 1. The molecule has 1 heterocycles. The summed E-state index contributed by atoms with van der Waals surface area (Å²) < 4.78 is 6.73. The van der Waals surface area contributed by atoms with Gasteiger partial charge in [-0.1, -0.05) is 58.4 Å². The Morgan fingerprint density at radius 1 is 1.08 bits per heavy atom. The predicted molar refractivity (Wildman–Crippen MR) is 96.2 cm³/mol. The number of nitrogens with one attached hydrogen (secondary N) is 1. The Morgan fingerprint density at radius 2 is 1.83 bits per heavy atom. The standard InChI is InChI=1S/C19H17BrN2O2/c20-16-8-6-15(7-9-16)17-13-22-19(24-17)11-10-18(23)21-12-14-4-2-1-3-5-14/h1-9,13H,10-12H2,(H,21,23). The fraction of sp³-hybridized carbons (Fsp3) is 0.158. The molecule has 0 bridgehead atoms. The predicted octanol–water partition coefficient (Wildman–Crippen LogP) is 4.35. The van der Waals surface area contributed by atoms with Gasteiger partial charge in [0.2, 0.25) is 5.91 Å². The Morgan fingerprint density at radius 3 is 2.58 bits per heavy atom. The molecule has 1 N–H and O–H groups in total. The average molecular weight is 385 g/mol. The molecule has 0 saturated heterocycles. The van der Waals surface area contributed by atoms with E-state index in [0.717, 1.165) is 15.6 Å². The normalized spacial score (nSPS) is 10.5. The molecule has 3 aromatic rings. The maximum Gasteiger partial charge on any atom is 0.220 e. The molecule has 122 valence electrons. The van der Waals surface area contributed by atoms with Crippen LogP contribution in [0.25, 0.3) is 11.3 Å². The van der Waals surface area contributed by atoms with Crippen molar-refractivity contribution in [3.63, 3.8) is 0 Å². The SMILES string of the molecule is O=C(CCc1ncc(-c2ccc(Br)cc2)o1)NCc1ccccc1. The van der Waals surface area contributed by atoms with Crippen LogP contribution in [0.1, 0.15) is 17.9 Å². The maximum atomic E-state index is 11.9. The van der Waals surface area contributed by atoms with E-state index in [1.807, 2.05) is 54.6 Å². The minimum absolute atomic E-state index is 0.0118. The van der Waals surface area contributed by atoms with Crippen LogP contribution in [0.3, 0.4) is 0 Å². The second kappa shape index (κ2) is 7.93. The van der Waals surface area contributed by atoms with Crippen molar-refractivity contribution < 1.29 is 9.21 Å². The smallest absolute Gasteiger partial charge is 0.220 e. The van der Waals surface area contributed by atoms with E-state index in [1.165, 1.54) is 0 Å². The highest BCUT2D eigenvalue weighted by molar-refractivity contribution is 9.10. The van der Waals surface area contributed by atoms with Gasteiger partial charge in [-0.15, -0.1) is 0 Å². The zero-order valence-electron chi connectivity index (χ0n) is 13.0. The fourth-order valence-electron chi connectivity index (χ4n) is 2.28. The van der Waals surface area contributed by atoms with Gasteiger partial charge in [0.15, 0.2) is 11.7 Å². The molecule has 1 aromatic heterocycles. The number of hydrogen-bond acceptors (Lipinski definition) is 3. The molecule has 1 amide bonds. The summed E-state index contributed by atoms with van der Waals surface area (Å²) in [7, 11) is 0. The monoisotopic (exact) mass is 384 g/mol. The molecule has 5 heteroatoms. The number of aromatic nitrogens is 1. The average Bonchev–Trinajstić information content (AvgIpc) is 3.09. The first-order chi connectivity index (χ1) is 11.7. The third-order valence-electron chi connectivity index (χ3n) is 3.58. The number of halogens is 1. The van der Waals surface area contributed by atoms with E-state index in [1.54, 1.807) is 6.20 Å². The van der Waals surface area contributed by atoms with Gasteiger partial charge in [0.25, 0.3) is 0 Å². The van der Waals surface area contributed by atoms with E-state index in [0.29, 0.717) is 31.0 Å². The lowest BCUT2D eigenvalue weighted by atomic mass is 10.2. The summed E-state index contributed by atoms with van der Waals surface area (Å²) in [6.45, 7) is 0.537. The molecule has 0 unspecified atom stereocenters. The van der Waals surface area contributed by atoms with Crippen molar-refractivity contribution in [2.45, 2.75) is 19.4 Å². The number of benzene rings is 2. The second-order valence-electron chi connectivity index (χ2n) is 5.39. The van der Waals surface area contributed by atoms with E-state index in [4.69, 9.17) is 4.42 Å². The van der Waals surface area contributed by atoms with Crippen molar-refractivity contribution in [2.24, 2.45) is 0 Å². The van der Waals surface area contributed by atoms with Crippen molar-refractivity contribution in [3.05, 3.63) is 76.7 Å². The lowest BCUT2D eigenvalue weighted by molar-refractivity contribution is -0.121. The maximum absolute atomic E-state index is 11.9. The summed E-state index contributed by atoms with van der Waals surface area (Å²) >= 11 is 3.40. The number of carbonyl (C=O) groups excluding carboxylic acids is 1. The van der Waals surface area contributed by atoms with Crippen molar-refractivity contribution in [1.29, 1.82) is 0 Å². The van der Waals surface area contributed by atoms with Crippen LogP contribution in [-0.4, -0.2) is 10.9 Å². The molecule has 0 radical (unpaired) electrons. The Kier molecular flexibility index (Phi) is 5.43. The third kappa shape index (κ3) is 4.55. The zero-order chi connectivity index (χ0) is 16.8. The van der Waals surface area contributed by atoms with Gasteiger partial charge < -0.3 is 9.73 Å². The highest BCUT2D eigenvalue weighted by atomic mass is 79.9. The molecule has 0 fully saturated rings. The van der Waals surface area contributed by atoms with E-state index >= 15 is 0 Å². The molecule has 3 rings (SSSR count). The summed E-state index contributed by atoms with van der Waals surface area (Å²) in [6.07, 6.45) is 2.53. The van der Waals surface area contributed by atoms with Crippen molar-refractivity contribution in [3.8, 4) is 11.3 Å². The molecule has 0 aliphatic carbocycles. The third-order valence-corrected chi connectivity index (χ3v) is 4.11. The molecular formula is C19H17BrN2O2. The fourth-order valence-corrected chi connectivity index (χ4v) is 2.54. The first kappa shape index (κ1) is 16.5. The highest BCUT2D eigenvalue weighted by Gasteiger charge is 2.09. The molecule has 4 nitrogen and oxygen atoms in total. The quantitative estimate of drug-likeness (QED) is 0.686. The molecule has 0 atom stereocenters. The number of aryl methyl sites for hydroxylation is 1. The second-order valence-corrected chi connectivity index (χ2v) is 6.30. The summed E-state index contributed by atoms with van der Waals surface area (Å²) in [4.78, 5) is 16.2. The minimum atomic E-state index is -0.0118. The molecule has 0 aliphatic heterocycles. The van der Waals surface area contributed by atoms with Crippen LogP contribution in [0, 0.1) is 0 Å². The van der Waals surface area contributed by atoms with Crippen LogP contribution in [0.2, 0.25) is 0 Å². The van der Waals surface area contributed by atoms with Gasteiger partial charge in [0.1, 0.15) is 0 Å². The summed E-state index contributed by atoms with van der Waals surface area (Å²) in [5, 5.41) is 2.90. The van der Waals surface area contributed by atoms with Crippen LogP contribution >= 0.6 is 15.9 Å². The van der Waals surface area contributed by atoms with Gasteiger partial charge in [0.05, 0.1) is 6.20 Å². The Bertz CT molecular complexity index is 798. The van der Waals surface area contributed by atoms with Crippen LogP contribution in [0.4, 0.5) is 0 Å². The van der Waals surface area contributed by atoms with Gasteiger partial charge in [0, 0.05) is 29.4 Å². The summed E-state index contributed by atoms with van der Waals surface area (Å²) in [5.74, 6) is 1.27. The Labute approximate surface area is 149 Å². The Balaban J connectivity index is 1.50. The first-order valence-electron chi connectivity index (χ1n) is 7.72. The first-order valence-corrected chi connectivity index (χ1v) is 8.51.